The zero-order valence-corrected chi connectivity index (χ0v) is 14.4. The maximum absolute atomic E-state index is 12.2. The van der Waals surface area contributed by atoms with Crippen LogP contribution < -0.4 is 5.32 Å². The lowest BCUT2D eigenvalue weighted by Gasteiger charge is -2.07. The highest BCUT2D eigenvalue weighted by Gasteiger charge is 2.06. The fraction of sp³-hybridized carbons (Fsp3) is 0.381. The molecule has 24 heavy (non-hydrogen) atoms. The summed E-state index contributed by atoms with van der Waals surface area (Å²) in [5, 5.41) is 12.2. The fourth-order valence-electron chi connectivity index (χ4n) is 2.72. The smallest absolute Gasteiger partial charge is 0.255 e. The van der Waals surface area contributed by atoms with Crippen LogP contribution in [0.4, 0.5) is 5.69 Å². The van der Waals surface area contributed by atoms with E-state index in [1.807, 2.05) is 24.3 Å². The van der Waals surface area contributed by atoms with Gasteiger partial charge in [-0.2, -0.15) is 0 Å². The second-order valence-electron chi connectivity index (χ2n) is 6.22. The first-order chi connectivity index (χ1) is 11.7. The summed E-state index contributed by atoms with van der Waals surface area (Å²) in [5.41, 5.74) is 2.50. The van der Waals surface area contributed by atoms with Gasteiger partial charge in [0.1, 0.15) is 5.75 Å². The molecule has 2 N–H and O–H groups in total. The van der Waals surface area contributed by atoms with Gasteiger partial charge < -0.3 is 10.4 Å². The highest BCUT2D eigenvalue weighted by molar-refractivity contribution is 6.04. The Hall–Kier alpha value is -2.29. The molecule has 2 aromatic carbocycles. The molecule has 3 heteroatoms. The molecule has 0 heterocycles. The Labute approximate surface area is 144 Å². The zero-order chi connectivity index (χ0) is 17.2. The number of phenols is 1. The first-order valence-corrected chi connectivity index (χ1v) is 8.88. The number of carbonyl (C=O) groups is 1. The van der Waals surface area contributed by atoms with Crippen molar-refractivity contribution < 1.29 is 9.90 Å². The van der Waals surface area contributed by atoms with Gasteiger partial charge in [0.05, 0.1) is 0 Å². The molecule has 0 aliphatic heterocycles. The molecule has 0 spiro atoms. The number of aromatic hydroxyl groups is 1. The van der Waals surface area contributed by atoms with E-state index in [0.29, 0.717) is 11.3 Å². The van der Waals surface area contributed by atoms with Gasteiger partial charge in [-0.05, 0) is 42.7 Å². The van der Waals surface area contributed by atoms with E-state index >= 15 is 0 Å². The van der Waals surface area contributed by atoms with Crippen molar-refractivity contribution in [2.75, 3.05) is 5.32 Å². The van der Waals surface area contributed by atoms with Crippen LogP contribution in [0.2, 0.25) is 0 Å². The average Bonchev–Trinajstić information content (AvgIpc) is 2.58. The molecule has 0 aliphatic carbocycles. The lowest BCUT2D eigenvalue weighted by atomic mass is 10.0. The fourth-order valence-corrected chi connectivity index (χ4v) is 2.72. The van der Waals surface area contributed by atoms with Crippen molar-refractivity contribution >= 4 is 11.6 Å². The van der Waals surface area contributed by atoms with Gasteiger partial charge in [-0.25, -0.2) is 0 Å². The molecule has 0 saturated carbocycles. The largest absolute Gasteiger partial charge is 0.508 e. The van der Waals surface area contributed by atoms with Crippen molar-refractivity contribution in [3.05, 3.63) is 59.7 Å². The molecule has 0 atom stereocenters. The van der Waals surface area contributed by atoms with Crippen LogP contribution in [0, 0.1) is 0 Å². The SMILES string of the molecule is CCCCCCCCc1ccc(C(=O)Nc2cccc(O)c2)cc1. The van der Waals surface area contributed by atoms with Crippen molar-refractivity contribution in [3.63, 3.8) is 0 Å². The van der Waals surface area contributed by atoms with Crippen molar-refractivity contribution in [1.29, 1.82) is 0 Å². The van der Waals surface area contributed by atoms with Gasteiger partial charge in [0.25, 0.3) is 5.91 Å². The molecule has 0 unspecified atom stereocenters. The topological polar surface area (TPSA) is 49.3 Å². The van der Waals surface area contributed by atoms with Crippen LogP contribution in [0.25, 0.3) is 0 Å². The lowest BCUT2D eigenvalue weighted by Crippen LogP contribution is -2.11. The normalized spacial score (nSPS) is 10.5. The minimum atomic E-state index is -0.160. The molecule has 2 rings (SSSR count). The van der Waals surface area contributed by atoms with Crippen molar-refractivity contribution in [2.45, 2.75) is 51.9 Å². The molecule has 0 radical (unpaired) electrons. The Bertz CT molecular complexity index is 635. The summed E-state index contributed by atoms with van der Waals surface area (Å²) in [5.74, 6) is -0.0196. The van der Waals surface area contributed by atoms with E-state index < -0.39 is 0 Å². The first-order valence-electron chi connectivity index (χ1n) is 8.88. The molecule has 0 saturated heterocycles. The number of rotatable bonds is 9. The van der Waals surface area contributed by atoms with Crippen LogP contribution in [0.1, 0.15) is 61.4 Å². The van der Waals surface area contributed by atoms with E-state index in [9.17, 15) is 9.90 Å². The minimum absolute atomic E-state index is 0.141. The molecular weight excluding hydrogens is 298 g/mol. The Morgan fingerprint density at radius 3 is 2.38 bits per heavy atom. The summed E-state index contributed by atoms with van der Waals surface area (Å²) in [6.45, 7) is 2.23. The van der Waals surface area contributed by atoms with E-state index in [1.165, 1.54) is 50.2 Å². The molecular formula is C21H27NO2. The highest BCUT2D eigenvalue weighted by atomic mass is 16.3. The van der Waals surface area contributed by atoms with Crippen molar-refractivity contribution in [3.8, 4) is 5.75 Å². The number of benzene rings is 2. The third-order valence-electron chi connectivity index (χ3n) is 4.14. The van der Waals surface area contributed by atoms with Crippen LogP contribution in [0.15, 0.2) is 48.5 Å². The van der Waals surface area contributed by atoms with Gasteiger partial charge in [0, 0.05) is 17.3 Å². The summed E-state index contributed by atoms with van der Waals surface area (Å²) < 4.78 is 0. The quantitative estimate of drug-likeness (QED) is 0.594. The number of carbonyl (C=O) groups excluding carboxylic acids is 1. The molecule has 2 aromatic rings. The number of hydrogen-bond donors (Lipinski definition) is 2. The minimum Gasteiger partial charge on any atom is -0.508 e. The van der Waals surface area contributed by atoms with Crippen LogP contribution in [-0.2, 0) is 6.42 Å². The Balaban J connectivity index is 1.79. The van der Waals surface area contributed by atoms with Crippen LogP contribution in [0.5, 0.6) is 5.75 Å². The van der Waals surface area contributed by atoms with E-state index in [2.05, 4.69) is 12.2 Å². The van der Waals surface area contributed by atoms with Crippen LogP contribution in [-0.4, -0.2) is 11.0 Å². The van der Waals surface area contributed by atoms with Crippen molar-refractivity contribution in [1.82, 2.24) is 0 Å². The van der Waals surface area contributed by atoms with Gasteiger partial charge in [-0.1, -0.05) is 57.2 Å². The Morgan fingerprint density at radius 2 is 1.67 bits per heavy atom. The molecule has 0 aliphatic rings. The highest BCUT2D eigenvalue weighted by Crippen LogP contribution is 2.17. The predicted molar refractivity (Wildman–Crippen MR) is 99.6 cm³/mol. The summed E-state index contributed by atoms with van der Waals surface area (Å²) in [4.78, 5) is 12.2. The van der Waals surface area contributed by atoms with E-state index in [0.717, 1.165) is 6.42 Å². The molecule has 128 valence electrons. The second-order valence-corrected chi connectivity index (χ2v) is 6.22. The number of phenolic OH excluding ortho intramolecular Hbond substituents is 1. The third kappa shape index (κ3) is 6.07. The molecule has 0 bridgehead atoms. The number of anilines is 1. The van der Waals surface area contributed by atoms with Gasteiger partial charge in [0.15, 0.2) is 0 Å². The Kier molecular flexibility index (Phi) is 7.34. The number of nitrogens with one attached hydrogen (secondary N) is 1. The van der Waals surface area contributed by atoms with E-state index in [1.54, 1.807) is 18.2 Å². The number of aryl methyl sites for hydroxylation is 1. The average molecular weight is 325 g/mol. The van der Waals surface area contributed by atoms with Gasteiger partial charge in [0.2, 0.25) is 0 Å². The van der Waals surface area contributed by atoms with Crippen LogP contribution in [0.3, 0.4) is 0 Å². The standard InChI is InChI=1S/C21H27NO2/c1-2-3-4-5-6-7-9-17-12-14-18(15-13-17)21(24)22-19-10-8-11-20(23)16-19/h8,10-16,23H,2-7,9H2,1H3,(H,22,24). The number of hydrogen-bond acceptors (Lipinski definition) is 2. The summed E-state index contributed by atoms with van der Waals surface area (Å²) in [6.07, 6.45) is 8.83. The first kappa shape index (κ1) is 18.1. The van der Waals surface area contributed by atoms with Gasteiger partial charge in [-0.15, -0.1) is 0 Å². The third-order valence-corrected chi connectivity index (χ3v) is 4.14. The van der Waals surface area contributed by atoms with Crippen molar-refractivity contribution in [2.24, 2.45) is 0 Å². The summed E-state index contributed by atoms with van der Waals surface area (Å²) in [6, 6.07) is 14.4. The molecule has 3 nitrogen and oxygen atoms in total. The zero-order valence-electron chi connectivity index (χ0n) is 14.4. The second kappa shape index (κ2) is 9.76. The number of unbranched alkanes of at least 4 members (excludes halogenated alkanes) is 5. The van der Waals surface area contributed by atoms with Gasteiger partial charge >= 0.3 is 0 Å². The lowest BCUT2D eigenvalue weighted by molar-refractivity contribution is 0.102. The summed E-state index contributed by atoms with van der Waals surface area (Å²) >= 11 is 0. The maximum Gasteiger partial charge on any atom is 0.255 e. The monoisotopic (exact) mass is 325 g/mol. The Morgan fingerprint density at radius 1 is 0.958 bits per heavy atom. The van der Waals surface area contributed by atoms with Crippen LogP contribution >= 0.6 is 0 Å². The van der Waals surface area contributed by atoms with Gasteiger partial charge in [-0.3, -0.25) is 4.79 Å². The van der Waals surface area contributed by atoms with E-state index in [4.69, 9.17) is 0 Å². The number of amides is 1. The molecule has 1 amide bonds. The molecule has 0 aromatic heterocycles. The summed E-state index contributed by atoms with van der Waals surface area (Å²) in [7, 11) is 0. The van der Waals surface area contributed by atoms with E-state index in [-0.39, 0.29) is 11.7 Å². The maximum atomic E-state index is 12.2. The predicted octanol–water partition coefficient (Wildman–Crippen LogP) is 5.55. The molecule has 0 fully saturated rings.